The summed E-state index contributed by atoms with van der Waals surface area (Å²) >= 11 is 3.44. The normalized spacial score (nSPS) is 18.9. The lowest BCUT2D eigenvalue weighted by atomic mass is 10.0. The minimum atomic E-state index is -0.275. The molecule has 2 atom stereocenters. The Hall–Kier alpha value is -2.09. The van der Waals surface area contributed by atoms with Gasteiger partial charge in [-0.25, -0.2) is 10.9 Å². The highest BCUT2D eigenvalue weighted by atomic mass is 79.9. The Labute approximate surface area is 167 Å². The van der Waals surface area contributed by atoms with Crippen molar-refractivity contribution in [3.05, 3.63) is 58.1 Å². The van der Waals surface area contributed by atoms with Crippen molar-refractivity contribution in [3.8, 4) is 11.5 Å². The van der Waals surface area contributed by atoms with Crippen molar-refractivity contribution < 1.29 is 14.3 Å². The Morgan fingerprint density at radius 2 is 1.96 bits per heavy atom. The molecule has 0 saturated carbocycles. The quantitative estimate of drug-likeness (QED) is 0.625. The zero-order valence-electron chi connectivity index (χ0n) is 15.4. The van der Waals surface area contributed by atoms with Gasteiger partial charge in [0.05, 0.1) is 13.7 Å². The van der Waals surface area contributed by atoms with Gasteiger partial charge in [0.15, 0.2) is 11.5 Å². The SMILES string of the molecule is CCOc1cc(CNC(=O)C2CC(c3ccc(Br)cc3)NN2)ccc1OC. The third-order valence-electron chi connectivity index (χ3n) is 4.49. The predicted octanol–water partition coefficient (Wildman–Crippen LogP) is 3.08. The third kappa shape index (κ3) is 5.00. The van der Waals surface area contributed by atoms with E-state index in [1.54, 1.807) is 7.11 Å². The zero-order chi connectivity index (χ0) is 19.2. The first-order valence-corrected chi connectivity index (χ1v) is 9.74. The van der Waals surface area contributed by atoms with Crippen LogP contribution in [0.2, 0.25) is 0 Å². The van der Waals surface area contributed by atoms with Crippen LogP contribution in [0.4, 0.5) is 0 Å². The molecule has 1 fully saturated rings. The number of carbonyl (C=O) groups excluding carboxylic acids is 1. The first kappa shape index (κ1) is 19.7. The van der Waals surface area contributed by atoms with Crippen LogP contribution in [0.25, 0.3) is 0 Å². The molecule has 1 heterocycles. The molecule has 1 aliphatic heterocycles. The van der Waals surface area contributed by atoms with Crippen LogP contribution in [-0.4, -0.2) is 25.7 Å². The fraction of sp³-hybridized carbons (Fsp3) is 0.350. The van der Waals surface area contributed by atoms with Gasteiger partial charge in [-0.2, -0.15) is 0 Å². The first-order valence-electron chi connectivity index (χ1n) is 8.94. The number of halogens is 1. The van der Waals surface area contributed by atoms with E-state index in [-0.39, 0.29) is 18.0 Å². The number of hydrogen-bond acceptors (Lipinski definition) is 5. The Bertz CT molecular complexity index is 783. The number of hydrogen-bond donors (Lipinski definition) is 3. The lowest BCUT2D eigenvalue weighted by Gasteiger charge is -2.13. The van der Waals surface area contributed by atoms with Gasteiger partial charge < -0.3 is 14.8 Å². The molecule has 27 heavy (non-hydrogen) atoms. The highest BCUT2D eigenvalue weighted by Gasteiger charge is 2.29. The summed E-state index contributed by atoms with van der Waals surface area (Å²) in [6.07, 6.45) is 0.695. The van der Waals surface area contributed by atoms with Crippen LogP contribution in [0, 0.1) is 0 Å². The zero-order valence-corrected chi connectivity index (χ0v) is 17.0. The molecule has 3 N–H and O–H groups in total. The molecule has 0 aromatic heterocycles. The second kappa shape index (κ2) is 9.21. The molecular formula is C20H24BrN3O3. The number of benzene rings is 2. The molecular weight excluding hydrogens is 410 g/mol. The van der Waals surface area contributed by atoms with Gasteiger partial charge in [0.25, 0.3) is 0 Å². The molecule has 144 valence electrons. The standard InChI is InChI=1S/C20H24BrN3O3/c1-3-27-19-10-13(4-9-18(19)26-2)12-22-20(25)17-11-16(23-24-17)14-5-7-15(21)8-6-14/h4-10,16-17,23-24H,3,11-12H2,1-2H3,(H,22,25). The molecule has 0 aliphatic carbocycles. The highest BCUT2D eigenvalue weighted by molar-refractivity contribution is 9.10. The number of rotatable bonds is 7. The smallest absolute Gasteiger partial charge is 0.238 e. The van der Waals surface area contributed by atoms with Crippen molar-refractivity contribution in [1.29, 1.82) is 0 Å². The van der Waals surface area contributed by atoms with Crippen LogP contribution in [0.15, 0.2) is 46.9 Å². The summed E-state index contributed by atoms with van der Waals surface area (Å²) < 4.78 is 11.9. The molecule has 2 unspecified atom stereocenters. The van der Waals surface area contributed by atoms with Crippen LogP contribution in [0.1, 0.15) is 30.5 Å². The van der Waals surface area contributed by atoms with E-state index in [0.29, 0.717) is 31.1 Å². The van der Waals surface area contributed by atoms with Gasteiger partial charge in [-0.3, -0.25) is 4.79 Å². The number of amides is 1. The van der Waals surface area contributed by atoms with Crippen LogP contribution < -0.4 is 25.6 Å². The number of hydrazine groups is 1. The van der Waals surface area contributed by atoms with Gasteiger partial charge in [-0.15, -0.1) is 0 Å². The van der Waals surface area contributed by atoms with E-state index in [0.717, 1.165) is 15.6 Å². The van der Waals surface area contributed by atoms with Crippen LogP contribution in [0.3, 0.4) is 0 Å². The monoisotopic (exact) mass is 433 g/mol. The molecule has 6 nitrogen and oxygen atoms in total. The number of nitrogens with one attached hydrogen (secondary N) is 3. The average Bonchev–Trinajstić information content (AvgIpc) is 3.17. The van der Waals surface area contributed by atoms with E-state index in [9.17, 15) is 4.79 Å². The summed E-state index contributed by atoms with van der Waals surface area (Å²) in [4.78, 5) is 12.5. The molecule has 0 radical (unpaired) electrons. The van der Waals surface area contributed by atoms with Gasteiger partial charge >= 0.3 is 0 Å². The summed E-state index contributed by atoms with van der Waals surface area (Å²) in [5.74, 6) is 1.34. The van der Waals surface area contributed by atoms with Crippen molar-refractivity contribution in [3.63, 3.8) is 0 Å². The largest absolute Gasteiger partial charge is 0.493 e. The van der Waals surface area contributed by atoms with Crippen molar-refractivity contribution in [2.24, 2.45) is 0 Å². The minimum Gasteiger partial charge on any atom is -0.493 e. The summed E-state index contributed by atoms with van der Waals surface area (Å²) in [6, 6.07) is 13.6. The molecule has 0 bridgehead atoms. The van der Waals surface area contributed by atoms with Crippen LogP contribution >= 0.6 is 15.9 Å². The predicted molar refractivity (Wildman–Crippen MR) is 108 cm³/mol. The van der Waals surface area contributed by atoms with Gasteiger partial charge in [-0.1, -0.05) is 34.1 Å². The van der Waals surface area contributed by atoms with Crippen molar-refractivity contribution >= 4 is 21.8 Å². The Morgan fingerprint density at radius 3 is 2.67 bits per heavy atom. The maximum atomic E-state index is 12.5. The lowest BCUT2D eigenvalue weighted by Crippen LogP contribution is -2.42. The second-order valence-corrected chi connectivity index (χ2v) is 7.23. The van der Waals surface area contributed by atoms with E-state index >= 15 is 0 Å². The molecule has 3 rings (SSSR count). The Morgan fingerprint density at radius 1 is 1.19 bits per heavy atom. The van der Waals surface area contributed by atoms with Crippen molar-refractivity contribution in [2.75, 3.05) is 13.7 Å². The van der Waals surface area contributed by atoms with E-state index in [1.165, 1.54) is 0 Å². The van der Waals surface area contributed by atoms with E-state index in [2.05, 4.69) is 44.2 Å². The molecule has 0 spiro atoms. The van der Waals surface area contributed by atoms with Crippen molar-refractivity contribution in [2.45, 2.75) is 32.0 Å². The van der Waals surface area contributed by atoms with Gasteiger partial charge in [-0.05, 0) is 48.7 Å². The minimum absolute atomic E-state index is 0.0316. The number of ether oxygens (including phenoxy) is 2. The Balaban J connectivity index is 1.55. The fourth-order valence-corrected chi connectivity index (χ4v) is 3.32. The number of carbonyl (C=O) groups is 1. The first-order chi connectivity index (χ1) is 13.1. The molecule has 7 heteroatoms. The average molecular weight is 434 g/mol. The van der Waals surface area contributed by atoms with Crippen molar-refractivity contribution in [1.82, 2.24) is 16.2 Å². The maximum absolute atomic E-state index is 12.5. The highest BCUT2D eigenvalue weighted by Crippen LogP contribution is 2.28. The molecule has 1 amide bonds. The second-order valence-electron chi connectivity index (χ2n) is 6.32. The topological polar surface area (TPSA) is 71.6 Å². The lowest BCUT2D eigenvalue weighted by molar-refractivity contribution is -0.123. The fourth-order valence-electron chi connectivity index (χ4n) is 3.05. The summed E-state index contributed by atoms with van der Waals surface area (Å²) in [5, 5.41) is 2.98. The van der Waals surface area contributed by atoms with E-state index in [1.807, 2.05) is 37.3 Å². The van der Waals surface area contributed by atoms with E-state index in [4.69, 9.17) is 9.47 Å². The number of methoxy groups -OCH3 is 1. The molecule has 1 aliphatic rings. The van der Waals surface area contributed by atoms with Crippen LogP contribution in [-0.2, 0) is 11.3 Å². The molecule has 2 aromatic rings. The third-order valence-corrected chi connectivity index (χ3v) is 5.02. The van der Waals surface area contributed by atoms with E-state index < -0.39 is 0 Å². The van der Waals surface area contributed by atoms with Crippen LogP contribution in [0.5, 0.6) is 11.5 Å². The van der Waals surface area contributed by atoms with Gasteiger partial charge in [0, 0.05) is 17.1 Å². The maximum Gasteiger partial charge on any atom is 0.238 e. The summed E-state index contributed by atoms with van der Waals surface area (Å²) in [6.45, 7) is 2.92. The summed E-state index contributed by atoms with van der Waals surface area (Å²) in [5.41, 5.74) is 8.40. The summed E-state index contributed by atoms with van der Waals surface area (Å²) in [7, 11) is 1.61. The molecule has 2 aromatic carbocycles. The van der Waals surface area contributed by atoms with Gasteiger partial charge in [0.2, 0.25) is 5.91 Å². The Kier molecular flexibility index (Phi) is 6.71. The molecule has 1 saturated heterocycles. The van der Waals surface area contributed by atoms with Gasteiger partial charge in [0.1, 0.15) is 6.04 Å².